The smallest absolute Gasteiger partial charge is 0.338 e. The van der Waals surface area contributed by atoms with Crippen LogP contribution in [0.3, 0.4) is 0 Å². The first-order chi connectivity index (χ1) is 16.4. The van der Waals surface area contributed by atoms with Crippen molar-refractivity contribution in [3.8, 4) is 0 Å². The molecule has 3 amide bonds. The van der Waals surface area contributed by atoms with Crippen molar-refractivity contribution < 1.29 is 23.9 Å². The molecule has 1 aromatic heterocycles. The second kappa shape index (κ2) is 9.86. The third-order valence-corrected chi connectivity index (χ3v) is 5.73. The van der Waals surface area contributed by atoms with Crippen molar-refractivity contribution in [2.24, 2.45) is 0 Å². The van der Waals surface area contributed by atoms with Gasteiger partial charge in [-0.3, -0.25) is 19.7 Å². The first kappa shape index (κ1) is 23.1. The van der Waals surface area contributed by atoms with Gasteiger partial charge in [-0.15, -0.1) is 11.3 Å². The number of benzene rings is 2. The van der Waals surface area contributed by atoms with Crippen LogP contribution in [0.5, 0.6) is 0 Å². The Bertz CT molecular complexity index is 1320. The summed E-state index contributed by atoms with van der Waals surface area (Å²) in [5, 5.41) is 7.37. The van der Waals surface area contributed by atoms with Crippen molar-refractivity contribution in [2.45, 2.75) is 6.92 Å². The van der Waals surface area contributed by atoms with E-state index in [4.69, 9.17) is 16.3 Å². The lowest BCUT2D eigenvalue weighted by Crippen LogP contribution is -2.32. The Kier molecular flexibility index (Phi) is 6.71. The van der Waals surface area contributed by atoms with Gasteiger partial charge in [0.15, 0.2) is 5.13 Å². The average molecular weight is 497 g/mol. The molecule has 0 unspecified atom stereocenters. The van der Waals surface area contributed by atoms with Crippen molar-refractivity contribution in [1.82, 2.24) is 4.98 Å². The van der Waals surface area contributed by atoms with Crippen molar-refractivity contribution in [3.63, 3.8) is 0 Å². The Labute approximate surface area is 203 Å². The first-order valence-electron chi connectivity index (χ1n) is 10.0. The maximum absolute atomic E-state index is 13.1. The zero-order valence-electron chi connectivity index (χ0n) is 17.7. The van der Waals surface area contributed by atoms with E-state index in [1.165, 1.54) is 41.7 Å². The molecule has 0 bridgehead atoms. The molecule has 34 heavy (non-hydrogen) atoms. The second-order valence-corrected chi connectivity index (χ2v) is 8.18. The number of ether oxygens (including phenoxy) is 1. The normalized spacial score (nSPS) is 13.3. The maximum atomic E-state index is 13.1. The van der Waals surface area contributed by atoms with Gasteiger partial charge >= 0.3 is 5.97 Å². The summed E-state index contributed by atoms with van der Waals surface area (Å²) in [5.41, 5.74) is 0.907. The number of hydrogen-bond acceptors (Lipinski definition) is 8. The lowest BCUT2D eigenvalue weighted by Gasteiger charge is -2.16. The standard InChI is InChI=1S/C23H17ClN4O5S/c1-2-33-22(32)14-6-4-8-16(12-14)28-20(30)17(24)18(21(28)31)26-15-7-3-5-13(11-15)19(29)27-23-25-9-10-34-23/h3-12,26H,2H2,1H3,(H,25,27,29). The lowest BCUT2D eigenvalue weighted by atomic mass is 10.2. The highest BCUT2D eigenvalue weighted by Gasteiger charge is 2.39. The largest absolute Gasteiger partial charge is 0.462 e. The molecule has 0 fully saturated rings. The van der Waals surface area contributed by atoms with Gasteiger partial charge in [0.2, 0.25) is 0 Å². The number of esters is 1. The van der Waals surface area contributed by atoms with Gasteiger partial charge in [0, 0.05) is 22.8 Å². The molecule has 2 N–H and O–H groups in total. The number of thiazole rings is 1. The molecule has 172 valence electrons. The summed E-state index contributed by atoms with van der Waals surface area (Å²) in [5.74, 6) is -2.40. The molecule has 2 heterocycles. The molecular formula is C23H17ClN4O5S. The Morgan fingerprint density at radius 2 is 1.85 bits per heavy atom. The molecule has 1 aliphatic rings. The van der Waals surface area contributed by atoms with E-state index in [-0.39, 0.29) is 34.5 Å². The number of nitrogens with zero attached hydrogens (tertiary/aromatic N) is 2. The molecule has 4 rings (SSSR count). The monoisotopic (exact) mass is 496 g/mol. The fraction of sp³-hybridized carbons (Fsp3) is 0.0870. The predicted octanol–water partition coefficient (Wildman–Crippen LogP) is 4.01. The average Bonchev–Trinajstić information content (AvgIpc) is 3.42. The van der Waals surface area contributed by atoms with Crippen molar-refractivity contribution in [1.29, 1.82) is 0 Å². The Morgan fingerprint density at radius 3 is 2.59 bits per heavy atom. The lowest BCUT2D eigenvalue weighted by molar-refractivity contribution is -0.120. The highest BCUT2D eigenvalue weighted by atomic mass is 35.5. The topological polar surface area (TPSA) is 118 Å². The molecule has 0 atom stereocenters. The number of amides is 3. The molecule has 0 radical (unpaired) electrons. The van der Waals surface area contributed by atoms with Gasteiger partial charge in [-0.2, -0.15) is 0 Å². The number of carbonyl (C=O) groups is 4. The molecule has 9 nitrogen and oxygen atoms in total. The summed E-state index contributed by atoms with van der Waals surface area (Å²) in [6.45, 7) is 1.86. The number of hydrogen-bond donors (Lipinski definition) is 2. The van der Waals surface area contributed by atoms with E-state index in [0.717, 1.165) is 4.90 Å². The van der Waals surface area contributed by atoms with Crippen molar-refractivity contribution in [3.05, 3.63) is 82.0 Å². The van der Waals surface area contributed by atoms with Crippen molar-refractivity contribution >= 4 is 63.1 Å². The van der Waals surface area contributed by atoms with Crippen LogP contribution in [0.1, 0.15) is 27.6 Å². The SMILES string of the molecule is CCOC(=O)c1cccc(N2C(=O)C(Cl)=C(Nc3cccc(C(=O)Nc4nccs4)c3)C2=O)c1. The second-order valence-electron chi connectivity index (χ2n) is 6.90. The molecular weight excluding hydrogens is 480 g/mol. The fourth-order valence-electron chi connectivity index (χ4n) is 3.17. The van der Waals surface area contributed by atoms with Crippen LogP contribution in [0.15, 0.2) is 70.8 Å². The van der Waals surface area contributed by atoms with Crippen molar-refractivity contribution in [2.75, 3.05) is 22.1 Å². The summed E-state index contributed by atoms with van der Waals surface area (Å²) in [4.78, 5) is 55.2. The molecule has 3 aromatic rings. The van der Waals surface area contributed by atoms with Gasteiger partial charge in [-0.05, 0) is 43.3 Å². The Morgan fingerprint density at radius 1 is 1.09 bits per heavy atom. The van der Waals surface area contributed by atoms with Crippen LogP contribution in [0, 0.1) is 0 Å². The van der Waals surface area contributed by atoms with Crippen LogP contribution in [0.4, 0.5) is 16.5 Å². The van der Waals surface area contributed by atoms with Gasteiger partial charge in [0.25, 0.3) is 17.7 Å². The zero-order chi connectivity index (χ0) is 24.2. The van der Waals surface area contributed by atoms with Gasteiger partial charge in [-0.25, -0.2) is 14.7 Å². The van der Waals surface area contributed by atoms with Crippen LogP contribution in [0.2, 0.25) is 0 Å². The number of nitrogens with one attached hydrogen (secondary N) is 2. The first-order valence-corrected chi connectivity index (χ1v) is 11.3. The number of imide groups is 1. The molecule has 2 aromatic carbocycles. The van der Waals surface area contributed by atoms with Crippen LogP contribution < -0.4 is 15.5 Å². The summed E-state index contributed by atoms with van der Waals surface area (Å²) in [6.07, 6.45) is 1.57. The van der Waals surface area contributed by atoms with Gasteiger partial charge in [0.1, 0.15) is 10.7 Å². The highest BCUT2D eigenvalue weighted by molar-refractivity contribution is 7.13. The van der Waals surface area contributed by atoms with Gasteiger partial charge in [-0.1, -0.05) is 23.7 Å². The maximum Gasteiger partial charge on any atom is 0.338 e. The number of halogens is 1. The van der Waals surface area contributed by atoms with E-state index in [9.17, 15) is 19.2 Å². The zero-order valence-corrected chi connectivity index (χ0v) is 19.3. The molecule has 11 heteroatoms. The van der Waals surface area contributed by atoms with E-state index in [1.54, 1.807) is 36.7 Å². The molecule has 0 saturated carbocycles. The number of carbonyl (C=O) groups excluding carboxylic acids is 4. The van der Waals surface area contributed by atoms with Gasteiger partial charge in [0.05, 0.1) is 17.9 Å². The van der Waals surface area contributed by atoms with E-state index in [0.29, 0.717) is 16.4 Å². The minimum Gasteiger partial charge on any atom is -0.462 e. The Balaban J connectivity index is 1.54. The fourth-order valence-corrected chi connectivity index (χ4v) is 3.91. The predicted molar refractivity (Wildman–Crippen MR) is 128 cm³/mol. The van der Waals surface area contributed by atoms with E-state index < -0.39 is 17.8 Å². The van der Waals surface area contributed by atoms with Crippen LogP contribution in [-0.2, 0) is 14.3 Å². The van der Waals surface area contributed by atoms with Gasteiger partial charge < -0.3 is 10.1 Å². The van der Waals surface area contributed by atoms with E-state index in [2.05, 4.69) is 15.6 Å². The van der Waals surface area contributed by atoms with Crippen LogP contribution in [-0.4, -0.2) is 35.3 Å². The third kappa shape index (κ3) is 4.68. The summed E-state index contributed by atoms with van der Waals surface area (Å²) >= 11 is 7.47. The summed E-state index contributed by atoms with van der Waals surface area (Å²) in [7, 11) is 0. The quantitative estimate of drug-likeness (QED) is 0.375. The molecule has 0 spiro atoms. The molecule has 0 aliphatic carbocycles. The highest BCUT2D eigenvalue weighted by Crippen LogP contribution is 2.31. The van der Waals surface area contributed by atoms with E-state index in [1.807, 2.05) is 0 Å². The number of anilines is 3. The van der Waals surface area contributed by atoms with Crippen LogP contribution in [0.25, 0.3) is 0 Å². The third-order valence-electron chi connectivity index (χ3n) is 4.69. The number of rotatable bonds is 7. The molecule has 1 aliphatic heterocycles. The molecule has 0 saturated heterocycles. The Hall–Kier alpha value is -4.02. The summed E-state index contributed by atoms with van der Waals surface area (Å²) in [6, 6.07) is 12.3. The summed E-state index contributed by atoms with van der Waals surface area (Å²) < 4.78 is 4.97. The number of aromatic nitrogens is 1. The minimum atomic E-state index is -0.743. The minimum absolute atomic E-state index is 0.148. The van der Waals surface area contributed by atoms with E-state index >= 15 is 0 Å². The van der Waals surface area contributed by atoms with Crippen LogP contribution >= 0.6 is 22.9 Å².